The third-order valence-corrected chi connectivity index (χ3v) is 4.25. The predicted octanol–water partition coefficient (Wildman–Crippen LogP) is 3.09. The molecule has 0 bridgehead atoms. The maximum absolute atomic E-state index is 12.1. The molecule has 0 unspecified atom stereocenters. The number of hydrogen-bond donors (Lipinski definition) is 1. The Morgan fingerprint density at radius 1 is 1.30 bits per heavy atom. The Hall–Kier alpha value is -1.07. The van der Waals surface area contributed by atoms with Crippen molar-refractivity contribution in [3.8, 4) is 0 Å². The maximum Gasteiger partial charge on any atom is 0.261 e. The third kappa shape index (κ3) is 5.13. The summed E-state index contributed by atoms with van der Waals surface area (Å²) < 4.78 is 22.6. The number of benzene rings is 1. The Labute approximate surface area is 124 Å². The minimum absolute atomic E-state index is 0.0641. The first-order valence-electron chi connectivity index (χ1n) is 6.34. The molecule has 0 heterocycles. The van der Waals surface area contributed by atoms with Crippen LogP contribution in [-0.2, 0) is 9.05 Å². The van der Waals surface area contributed by atoms with E-state index in [1.54, 1.807) is 13.0 Å². The fourth-order valence-electron chi connectivity index (χ4n) is 1.64. The maximum atomic E-state index is 12.1. The molecule has 1 aromatic rings. The van der Waals surface area contributed by atoms with Gasteiger partial charge in [0.2, 0.25) is 0 Å². The van der Waals surface area contributed by atoms with Crippen molar-refractivity contribution in [1.29, 1.82) is 0 Å². The molecule has 1 amide bonds. The van der Waals surface area contributed by atoms with E-state index < -0.39 is 9.05 Å². The highest BCUT2D eigenvalue weighted by Gasteiger charge is 2.16. The van der Waals surface area contributed by atoms with Gasteiger partial charge in [-0.3, -0.25) is 4.79 Å². The van der Waals surface area contributed by atoms with Crippen molar-refractivity contribution in [1.82, 2.24) is 5.32 Å². The Balaban J connectivity index is 2.88. The van der Waals surface area contributed by atoms with Crippen molar-refractivity contribution >= 4 is 25.6 Å². The number of halogens is 1. The molecule has 20 heavy (non-hydrogen) atoms. The van der Waals surface area contributed by atoms with E-state index in [9.17, 15) is 13.2 Å². The first kappa shape index (κ1) is 17.0. The molecule has 0 fully saturated rings. The second kappa shape index (κ2) is 6.14. The van der Waals surface area contributed by atoms with E-state index in [1.165, 1.54) is 12.1 Å². The molecule has 0 aliphatic heterocycles. The summed E-state index contributed by atoms with van der Waals surface area (Å²) >= 11 is 0. The zero-order chi connectivity index (χ0) is 15.6. The van der Waals surface area contributed by atoms with Crippen LogP contribution in [0.25, 0.3) is 0 Å². The zero-order valence-electron chi connectivity index (χ0n) is 12.2. The third-order valence-electron chi connectivity index (χ3n) is 2.90. The lowest BCUT2D eigenvalue weighted by Crippen LogP contribution is -2.28. The SMILES string of the molecule is Cc1ccc(S(=O)(=O)Cl)cc1C(=O)NCCC(C)(C)C. The van der Waals surface area contributed by atoms with Gasteiger partial charge in [0, 0.05) is 22.8 Å². The van der Waals surface area contributed by atoms with Crippen molar-refractivity contribution in [2.45, 2.75) is 39.0 Å². The van der Waals surface area contributed by atoms with E-state index in [0.717, 1.165) is 6.42 Å². The number of amides is 1. The van der Waals surface area contributed by atoms with Crippen molar-refractivity contribution in [2.75, 3.05) is 6.54 Å². The second-order valence-electron chi connectivity index (χ2n) is 5.98. The van der Waals surface area contributed by atoms with Gasteiger partial charge in [-0.2, -0.15) is 0 Å². The molecule has 4 nitrogen and oxygen atoms in total. The minimum Gasteiger partial charge on any atom is -0.352 e. The van der Waals surface area contributed by atoms with Crippen molar-refractivity contribution in [3.05, 3.63) is 29.3 Å². The van der Waals surface area contributed by atoms with Crippen LogP contribution < -0.4 is 5.32 Å². The van der Waals surface area contributed by atoms with Crippen LogP contribution in [0.2, 0.25) is 0 Å². The fraction of sp³-hybridized carbons (Fsp3) is 0.500. The van der Waals surface area contributed by atoms with Gasteiger partial charge in [0.25, 0.3) is 15.0 Å². The second-order valence-corrected chi connectivity index (χ2v) is 8.55. The summed E-state index contributed by atoms with van der Waals surface area (Å²) in [5.41, 5.74) is 1.17. The highest BCUT2D eigenvalue weighted by Crippen LogP contribution is 2.20. The van der Waals surface area contributed by atoms with E-state index >= 15 is 0 Å². The van der Waals surface area contributed by atoms with E-state index in [-0.39, 0.29) is 16.2 Å². The van der Waals surface area contributed by atoms with Gasteiger partial charge in [-0.1, -0.05) is 26.8 Å². The van der Waals surface area contributed by atoms with Gasteiger partial charge in [-0.25, -0.2) is 8.42 Å². The standard InChI is InChI=1S/C14H20ClNO3S/c1-10-5-6-11(20(15,18)19)9-12(10)13(17)16-8-7-14(2,3)4/h5-6,9H,7-8H2,1-4H3,(H,16,17). The molecule has 0 saturated heterocycles. The molecular weight excluding hydrogens is 298 g/mol. The Morgan fingerprint density at radius 2 is 1.90 bits per heavy atom. The number of carbonyl (C=O) groups excluding carboxylic acids is 1. The van der Waals surface area contributed by atoms with E-state index in [1.807, 2.05) is 0 Å². The lowest BCUT2D eigenvalue weighted by Gasteiger charge is -2.18. The minimum atomic E-state index is -3.83. The Morgan fingerprint density at radius 3 is 2.40 bits per heavy atom. The largest absolute Gasteiger partial charge is 0.352 e. The van der Waals surface area contributed by atoms with Crippen LogP contribution in [0.5, 0.6) is 0 Å². The first-order valence-corrected chi connectivity index (χ1v) is 8.65. The van der Waals surface area contributed by atoms with Crippen molar-refractivity contribution < 1.29 is 13.2 Å². The lowest BCUT2D eigenvalue weighted by atomic mass is 9.92. The van der Waals surface area contributed by atoms with Gasteiger partial charge in [-0.15, -0.1) is 0 Å². The van der Waals surface area contributed by atoms with Crippen LogP contribution in [0.4, 0.5) is 0 Å². The summed E-state index contributed by atoms with van der Waals surface area (Å²) in [7, 11) is 1.47. The number of aryl methyl sites for hydroxylation is 1. The number of carbonyl (C=O) groups is 1. The van der Waals surface area contributed by atoms with Crippen LogP contribution in [-0.4, -0.2) is 20.9 Å². The normalized spacial score (nSPS) is 12.2. The quantitative estimate of drug-likeness (QED) is 0.868. The predicted molar refractivity (Wildman–Crippen MR) is 80.6 cm³/mol. The molecule has 1 rings (SSSR count). The Bertz CT molecular complexity index is 603. The van der Waals surface area contributed by atoms with Crippen LogP contribution in [0, 0.1) is 12.3 Å². The molecule has 0 radical (unpaired) electrons. The van der Waals surface area contributed by atoms with Gasteiger partial charge in [0.1, 0.15) is 0 Å². The van der Waals surface area contributed by atoms with Gasteiger partial charge in [-0.05, 0) is 36.5 Å². The fourth-order valence-corrected chi connectivity index (χ4v) is 2.42. The zero-order valence-corrected chi connectivity index (χ0v) is 13.7. The first-order chi connectivity index (χ1) is 9.00. The smallest absolute Gasteiger partial charge is 0.261 e. The molecule has 0 saturated carbocycles. The highest BCUT2D eigenvalue weighted by atomic mass is 35.7. The number of rotatable bonds is 4. The average molecular weight is 318 g/mol. The molecule has 0 aliphatic rings. The summed E-state index contributed by atoms with van der Waals surface area (Å²) in [5, 5.41) is 2.80. The molecule has 0 spiro atoms. The monoisotopic (exact) mass is 317 g/mol. The molecule has 1 N–H and O–H groups in total. The topological polar surface area (TPSA) is 63.2 Å². The van der Waals surface area contributed by atoms with E-state index in [4.69, 9.17) is 10.7 Å². The molecule has 112 valence electrons. The van der Waals surface area contributed by atoms with Gasteiger partial charge >= 0.3 is 0 Å². The van der Waals surface area contributed by atoms with E-state index in [0.29, 0.717) is 17.7 Å². The molecular formula is C14H20ClNO3S. The van der Waals surface area contributed by atoms with Crippen LogP contribution in [0.1, 0.15) is 43.1 Å². The summed E-state index contributed by atoms with van der Waals surface area (Å²) in [4.78, 5) is 12.0. The van der Waals surface area contributed by atoms with Crippen molar-refractivity contribution in [3.63, 3.8) is 0 Å². The van der Waals surface area contributed by atoms with Crippen LogP contribution in [0.15, 0.2) is 23.1 Å². The van der Waals surface area contributed by atoms with Crippen LogP contribution in [0.3, 0.4) is 0 Å². The summed E-state index contributed by atoms with van der Waals surface area (Å²) in [5.74, 6) is -0.283. The lowest BCUT2D eigenvalue weighted by molar-refractivity contribution is 0.0948. The summed E-state index contributed by atoms with van der Waals surface area (Å²) in [6.45, 7) is 8.56. The highest BCUT2D eigenvalue weighted by molar-refractivity contribution is 8.13. The van der Waals surface area contributed by atoms with Crippen LogP contribution >= 0.6 is 10.7 Å². The Kier molecular flexibility index (Phi) is 5.21. The van der Waals surface area contributed by atoms with Gasteiger partial charge < -0.3 is 5.32 Å². The molecule has 0 aliphatic carbocycles. The summed E-state index contributed by atoms with van der Waals surface area (Å²) in [6.07, 6.45) is 0.839. The van der Waals surface area contributed by atoms with E-state index in [2.05, 4.69) is 26.1 Å². The molecule has 0 atom stereocenters. The van der Waals surface area contributed by atoms with Gasteiger partial charge in [0.05, 0.1) is 4.90 Å². The molecule has 1 aromatic carbocycles. The van der Waals surface area contributed by atoms with Crippen molar-refractivity contribution in [2.24, 2.45) is 5.41 Å². The molecule has 6 heteroatoms. The van der Waals surface area contributed by atoms with Gasteiger partial charge in [0.15, 0.2) is 0 Å². The number of nitrogens with one attached hydrogen (secondary N) is 1. The summed E-state index contributed by atoms with van der Waals surface area (Å²) in [6, 6.07) is 4.28. The molecule has 0 aromatic heterocycles. The number of hydrogen-bond acceptors (Lipinski definition) is 3. The average Bonchev–Trinajstić information content (AvgIpc) is 2.25.